The molecule has 158 valence electrons. The first kappa shape index (κ1) is 22.1. The molecular formula is C23H29BN2O4. The molecule has 1 fully saturated rings. The number of amides is 2. The molecule has 1 unspecified atom stereocenters. The Bertz CT molecular complexity index is 853. The summed E-state index contributed by atoms with van der Waals surface area (Å²) in [4.78, 5) is 27.6. The van der Waals surface area contributed by atoms with Crippen molar-refractivity contribution in [3.8, 4) is 0 Å². The third-order valence-electron chi connectivity index (χ3n) is 5.64. The molecule has 1 atom stereocenters. The second-order valence-corrected chi connectivity index (χ2v) is 7.92. The van der Waals surface area contributed by atoms with Crippen LogP contribution < -0.4 is 10.8 Å². The van der Waals surface area contributed by atoms with Gasteiger partial charge in [0.2, 0.25) is 11.8 Å². The number of nitrogens with one attached hydrogen (secondary N) is 1. The van der Waals surface area contributed by atoms with Crippen molar-refractivity contribution in [3.05, 3.63) is 65.7 Å². The predicted molar refractivity (Wildman–Crippen MR) is 117 cm³/mol. The molecule has 0 aromatic heterocycles. The van der Waals surface area contributed by atoms with Crippen LogP contribution in [0.4, 0.5) is 0 Å². The molecule has 1 aliphatic rings. The Balaban J connectivity index is 1.94. The molecule has 7 heteroatoms. The van der Waals surface area contributed by atoms with Crippen molar-refractivity contribution in [2.75, 3.05) is 0 Å². The van der Waals surface area contributed by atoms with Crippen molar-refractivity contribution in [2.24, 2.45) is 0 Å². The molecule has 0 saturated heterocycles. The largest absolute Gasteiger partial charge is 0.488 e. The normalized spacial score (nSPS) is 15.3. The van der Waals surface area contributed by atoms with E-state index in [1.165, 1.54) is 18.2 Å². The van der Waals surface area contributed by atoms with Crippen LogP contribution in [-0.2, 0) is 16.1 Å². The lowest BCUT2D eigenvalue weighted by molar-refractivity contribution is -0.140. The van der Waals surface area contributed by atoms with Gasteiger partial charge in [0.1, 0.15) is 6.04 Å². The number of rotatable bonds is 7. The molecule has 1 aliphatic carbocycles. The fourth-order valence-corrected chi connectivity index (χ4v) is 4.05. The first-order chi connectivity index (χ1) is 14.5. The number of hydrogen-bond acceptors (Lipinski definition) is 4. The lowest BCUT2D eigenvalue weighted by Crippen LogP contribution is -2.46. The zero-order valence-electron chi connectivity index (χ0n) is 17.3. The van der Waals surface area contributed by atoms with Gasteiger partial charge >= 0.3 is 7.12 Å². The van der Waals surface area contributed by atoms with Gasteiger partial charge in [-0.05, 0) is 29.4 Å². The molecule has 2 aromatic rings. The lowest BCUT2D eigenvalue weighted by Gasteiger charge is -2.33. The number of carbonyl (C=O) groups is 2. The molecule has 0 bridgehead atoms. The van der Waals surface area contributed by atoms with Crippen LogP contribution in [0.1, 0.15) is 56.2 Å². The van der Waals surface area contributed by atoms with Gasteiger partial charge in [0.25, 0.3) is 0 Å². The molecule has 6 nitrogen and oxygen atoms in total. The fourth-order valence-electron chi connectivity index (χ4n) is 4.05. The van der Waals surface area contributed by atoms with Crippen molar-refractivity contribution < 1.29 is 19.6 Å². The van der Waals surface area contributed by atoms with Crippen molar-refractivity contribution in [1.82, 2.24) is 10.2 Å². The minimum Gasteiger partial charge on any atom is -0.423 e. The van der Waals surface area contributed by atoms with Gasteiger partial charge in [-0.25, -0.2) is 0 Å². The minimum absolute atomic E-state index is 0.103. The Kier molecular flexibility index (Phi) is 7.66. The van der Waals surface area contributed by atoms with E-state index in [1.54, 1.807) is 24.3 Å². The van der Waals surface area contributed by atoms with E-state index in [4.69, 9.17) is 0 Å². The van der Waals surface area contributed by atoms with Crippen molar-refractivity contribution in [3.63, 3.8) is 0 Å². The van der Waals surface area contributed by atoms with Gasteiger partial charge in [-0.1, -0.05) is 73.9 Å². The summed E-state index contributed by atoms with van der Waals surface area (Å²) < 4.78 is 0. The summed E-state index contributed by atoms with van der Waals surface area (Å²) in [6.07, 6.45) is 5.23. The first-order valence-electron chi connectivity index (χ1n) is 10.5. The maximum Gasteiger partial charge on any atom is 0.488 e. The summed E-state index contributed by atoms with van der Waals surface area (Å²) in [6.45, 7) is 1.74. The van der Waals surface area contributed by atoms with Crippen LogP contribution in [0.2, 0.25) is 0 Å². The number of hydrogen-bond donors (Lipinski definition) is 3. The van der Waals surface area contributed by atoms with Gasteiger partial charge < -0.3 is 20.3 Å². The van der Waals surface area contributed by atoms with Crippen molar-refractivity contribution >= 4 is 24.4 Å². The van der Waals surface area contributed by atoms with E-state index < -0.39 is 13.2 Å². The highest BCUT2D eigenvalue weighted by Gasteiger charge is 2.32. The zero-order valence-corrected chi connectivity index (χ0v) is 17.3. The Morgan fingerprint density at radius 2 is 1.77 bits per heavy atom. The molecule has 0 aliphatic heterocycles. The number of carbonyl (C=O) groups excluding carboxylic acids is 2. The monoisotopic (exact) mass is 408 g/mol. The van der Waals surface area contributed by atoms with Crippen LogP contribution >= 0.6 is 0 Å². The molecule has 0 radical (unpaired) electrons. The van der Waals surface area contributed by atoms with Crippen molar-refractivity contribution in [1.29, 1.82) is 0 Å². The summed E-state index contributed by atoms with van der Waals surface area (Å²) >= 11 is 0. The second kappa shape index (κ2) is 10.4. The van der Waals surface area contributed by atoms with Crippen molar-refractivity contribution in [2.45, 2.75) is 57.7 Å². The van der Waals surface area contributed by atoms with Crippen LogP contribution in [-0.4, -0.2) is 39.9 Å². The molecular weight excluding hydrogens is 379 g/mol. The van der Waals surface area contributed by atoms with Crippen LogP contribution in [0.15, 0.2) is 54.6 Å². The summed E-state index contributed by atoms with van der Waals surface area (Å²) in [5.74, 6) is -0.463. The van der Waals surface area contributed by atoms with Gasteiger partial charge in [-0.15, -0.1) is 0 Å². The highest BCUT2D eigenvalue weighted by atomic mass is 16.4. The van der Waals surface area contributed by atoms with Crippen LogP contribution in [0.5, 0.6) is 0 Å². The van der Waals surface area contributed by atoms with E-state index in [9.17, 15) is 19.6 Å². The van der Waals surface area contributed by atoms with Gasteiger partial charge in [0, 0.05) is 19.5 Å². The van der Waals surface area contributed by atoms with Gasteiger partial charge in [0.15, 0.2) is 0 Å². The summed E-state index contributed by atoms with van der Waals surface area (Å²) in [5.41, 5.74) is 1.76. The predicted octanol–water partition coefficient (Wildman–Crippen LogP) is 1.91. The minimum atomic E-state index is -1.65. The molecule has 3 rings (SSSR count). The quantitative estimate of drug-likeness (QED) is 0.611. The Labute approximate surface area is 178 Å². The SMILES string of the molecule is CC(=O)N(Cc1ccccc1)C(C(=O)NC1CCCCC1)c1cccc(B(O)O)c1. The van der Waals surface area contributed by atoms with Crippen LogP contribution in [0, 0.1) is 0 Å². The van der Waals surface area contributed by atoms with Gasteiger partial charge in [-0.2, -0.15) is 0 Å². The molecule has 0 heterocycles. The Hall–Kier alpha value is -2.64. The van der Waals surface area contributed by atoms with E-state index in [0.717, 1.165) is 31.2 Å². The molecule has 3 N–H and O–H groups in total. The summed E-state index contributed by atoms with van der Waals surface area (Å²) in [7, 11) is -1.65. The number of benzene rings is 2. The molecule has 2 aromatic carbocycles. The molecule has 30 heavy (non-hydrogen) atoms. The van der Waals surface area contributed by atoms with E-state index in [-0.39, 0.29) is 29.9 Å². The smallest absolute Gasteiger partial charge is 0.423 e. The van der Waals surface area contributed by atoms with E-state index in [2.05, 4.69) is 5.32 Å². The maximum absolute atomic E-state index is 13.4. The summed E-state index contributed by atoms with van der Waals surface area (Å²) in [6, 6.07) is 15.4. The third-order valence-corrected chi connectivity index (χ3v) is 5.64. The number of nitrogens with zero attached hydrogens (tertiary/aromatic N) is 1. The van der Waals surface area contributed by atoms with E-state index in [1.807, 2.05) is 30.3 Å². The highest BCUT2D eigenvalue weighted by molar-refractivity contribution is 6.58. The lowest BCUT2D eigenvalue weighted by atomic mass is 9.79. The summed E-state index contributed by atoms with van der Waals surface area (Å²) in [5, 5.41) is 22.3. The second-order valence-electron chi connectivity index (χ2n) is 7.92. The first-order valence-corrected chi connectivity index (χ1v) is 10.5. The van der Waals surface area contributed by atoms with E-state index >= 15 is 0 Å². The fraction of sp³-hybridized carbons (Fsp3) is 0.391. The topological polar surface area (TPSA) is 89.9 Å². The maximum atomic E-state index is 13.4. The van der Waals surface area contributed by atoms with Crippen LogP contribution in [0.3, 0.4) is 0 Å². The van der Waals surface area contributed by atoms with Gasteiger partial charge in [0.05, 0.1) is 0 Å². The van der Waals surface area contributed by atoms with E-state index in [0.29, 0.717) is 5.56 Å². The average molecular weight is 408 g/mol. The molecule has 0 spiro atoms. The zero-order chi connectivity index (χ0) is 21.5. The average Bonchev–Trinajstić information content (AvgIpc) is 2.75. The van der Waals surface area contributed by atoms with Crippen LogP contribution in [0.25, 0.3) is 0 Å². The standard InChI is InChI=1S/C23H29BN2O4/c1-17(27)26(16-18-9-4-2-5-10-18)22(19-11-8-12-20(15-19)24(29)30)23(28)25-21-13-6-3-7-14-21/h2,4-5,8-12,15,21-22,29-30H,3,6-7,13-14,16H2,1H3,(H,25,28). The molecule has 1 saturated carbocycles. The highest BCUT2D eigenvalue weighted by Crippen LogP contribution is 2.25. The Morgan fingerprint density at radius 3 is 2.40 bits per heavy atom. The Morgan fingerprint density at radius 1 is 1.07 bits per heavy atom. The molecule has 2 amide bonds. The third kappa shape index (κ3) is 5.71. The van der Waals surface area contributed by atoms with Gasteiger partial charge in [-0.3, -0.25) is 9.59 Å².